The number of nitrogens with one attached hydrogen (secondary N) is 1. The van der Waals surface area contributed by atoms with E-state index in [1.54, 1.807) is 0 Å². The van der Waals surface area contributed by atoms with E-state index < -0.39 is 0 Å². The molecule has 0 saturated heterocycles. The van der Waals surface area contributed by atoms with Crippen LogP contribution in [-0.4, -0.2) is 22.1 Å². The van der Waals surface area contributed by atoms with Gasteiger partial charge < -0.3 is 14.6 Å². The van der Waals surface area contributed by atoms with Crippen LogP contribution in [0.4, 0.5) is 0 Å². The fourth-order valence-electron chi connectivity index (χ4n) is 3.74. The lowest BCUT2D eigenvalue weighted by Gasteiger charge is -2.13. The molecule has 0 atom stereocenters. The quantitative estimate of drug-likeness (QED) is 0.545. The first-order chi connectivity index (χ1) is 14.1. The number of rotatable bonds is 9. The van der Waals surface area contributed by atoms with Gasteiger partial charge in [0.1, 0.15) is 11.6 Å². The van der Waals surface area contributed by atoms with Gasteiger partial charge in [-0.15, -0.1) is 0 Å². The fraction of sp³-hybridized carbons (Fsp3) is 0.417. The average Bonchev–Trinajstić information content (AvgIpc) is 3.51. The molecule has 4 rings (SSSR count). The third kappa shape index (κ3) is 4.61. The van der Waals surface area contributed by atoms with Crippen molar-refractivity contribution in [2.24, 2.45) is 5.92 Å². The maximum absolute atomic E-state index is 12.0. The molecule has 0 radical (unpaired) electrons. The van der Waals surface area contributed by atoms with E-state index in [9.17, 15) is 4.79 Å². The van der Waals surface area contributed by atoms with Crippen molar-refractivity contribution in [3.63, 3.8) is 0 Å². The number of unbranched alkanes of at least 4 members (excludes halogenated alkanes) is 1. The minimum atomic E-state index is 0.158. The number of para-hydroxylation sites is 3. The Balaban J connectivity index is 1.36. The van der Waals surface area contributed by atoms with Crippen LogP contribution < -0.4 is 10.1 Å². The second kappa shape index (κ2) is 8.68. The third-order valence-corrected chi connectivity index (χ3v) is 5.53. The van der Waals surface area contributed by atoms with E-state index in [-0.39, 0.29) is 11.8 Å². The molecule has 0 spiro atoms. The molecule has 0 aliphatic heterocycles. The Hall–Kier alpha value is -2.82. The molecule has 0 bridgehead atoms. The van der Waals surface area contributed by atoms with E-state index in [4.69, 9.17) is 9.72 Å². The third-order valence-electron chi connectivity index (χ3n) is 5.53. The number of ether oxygens (including phenoxy) is 1. The van der Waals surface area contributed by atoms with Gasteiger partial charge in [-0.05, 0) is 62.8 Å². The summed E-state index contributed by atoms with van der Waals surface area (Å²) >= 11 is 0. The summed E-state index contributed by atoms with van der Waals surface area (Å²) in [7, 11) is 0. The van der Waals surface area contributed by atoms with Crippen LogP contribution in [0.25, 0.3) is 11.0 Å². The molecule has 5 nitrogen and oxygen atoms in total. The van der Waals surface area contributed by atoms with Crippen molar-refractivity contribution < 1.29 is 9.53 Å². The number of amides is 1. The Labute approximate surface area is 172 Å². The molecule has 5 heteroatoms. The molecule has 1 aromatic heterocycles. The Morgan fingerprint density at radius 1 is 1.10 bits per heavy atom. The van der Waals surface area contributed by atoms with Crippen molar-refractivity contribution in [2.45, 2.75) is 52.6 Å². The number of aromatic nitrogens is 2. The van der Waals surface area contributed by atoms with Crippen molar-refractivity contribution in [1.82, 2.24) is 14.9 Å². The zero-order chi connectivity index (χ0) is 20.2. The monoisotopic (exact) mass is 391 g/mol. The van der Waals surface area contributed by atoms with Gasteiger partial charge in [0.2, 0.25) is 5.91 Å². The molecular formula is C24H29N3O2. The van der Waals surface area contributed by atoms with Gasteiger partial charge in [0.05, 0.1) is 24.2 Å². The lowest BCUT2D eigenvalue weighted by atomic mass is 10.1. The van der Waals surface area contributed by atoms with Crippen LogP contribution in [0, 0.1) is 19.8 Å². The molecule has 1 N–H and O–H groups in total. The number of imidazole rings is 1. The molecule has 1 fully saturated rings. The first-order valence-corrected chi connectivity index (χ1v) is 10.5. The standard InChI is InChI=1S/C24H29N3O2/c1-17-8-7-9-18(2)23(17)29-15-6-5-14-27-21-11-4-3-10-20(21)26-22(27)16-25-24(28)19-12-13-19/h3-4,7-11,19H,5-6,12-16H2,1-2H3,(H,25,28). The predicted molar refractivity (Wildman–Crippen MR) is 115 cm³/mol. The van der Waals surface area contributed by atoms with Gasteiger partial charge >= 0.3 is 0 Å². The number of nitrogens with zero attached hydrogens (tertiary/aromatic N) is 2. The average molecular weight is 392 g/mol. The van der Waals surface area contributed by atoms with Gasteiger partial charge in [0.15, 0.2) is 0 Å². The zero-order valence-corrected chi connectivity index (χ0v) is 17.3. The summed E-state index contributed by atoms with van der Waals surface area (Å²) in [6, 6.07) is 14.4. The van der Waals surface area contributed by atoms with Gasteiger partial charge in [0.25, 0.3) is 0 Å². The summed E-state index contributed by atoms with van der Waals surface area (Å²) in [5, 5.41) is 3.05. The number of hydrogen-bond acceptors (Lipinski definition) is 3. The number of fused-ring (bicyclic) bond motifs is 1. The molecule has 1 amide bonds. The molecule has 29 heavy (non-hydrogen) atoms. The summed E-state index contributed by atoms with van der Waals surface area (Å²) in [4.78, 5) is 16.8. The molecule has 1 aliphatic rings. The fourth-order valence-corrected chi connectivity index (χ4v) is 3.74. The summed E-state index contributed by atoms with van der Waals surface area (Å²) in [5.74, 6) is 2.31. The maximum Gasteiger partial charge on any atom is 0.223 e. The van der Waals surface area contributed by atoms with Crippen LogP contribution in [0.5, 0.6) is 5.75 Å². The highest BCUT2D eigenvalue weighted by Crippen LogP contribution is 2.29. The zero-order valence-electron chi connectivity index (χ0n) is 17.3. The second-order valence-corrected chi connectivity index (χ2v) is 7.94. The van der Waals surface area contributed by atoms with Crippen molar-refractivity contribution in [3.05, 3.63) is 59.4 Å². The van der Waals surface area contributed by atoms with Crippen LogP contribution in [0.15, 0.2) is 42.5 Å². The highest BCUT2D eigenvalue weighted by molar-refractivity contribution is 5.81. The molecular weight excluding hydrogens is 362 g/mol. The lowest BCUT2D eigenvalue weighted by molar-refractivity contribution is -0.122. The Kier molecular flexibility index (Phi) is 5.84. The molecule has 2 aromatic carbocycles. The van der Waals surface area contributed by atoms with E-state index in [0.717, 1.165) is 54.8 Å². The Bertz CT molecular complexity index is 984. The highest BCUT2D eigenvalue weighted by atomic mass is 16.5. The first kappa shape index (κ1) is 19.5. The smallest absolute Gasteiger partial charge is 0.223 e. The van der Waals surface area contributed by atoms with E-state index in [0.29, 0.717) is 13.2 Å². The molecule has 3 aromatic rings. The number of hydrogen-bond donors (Lipinski definition) is 1. The number of benzene rings is 2. The minimum absolute atomic E-state index is 0.158. The maximum atomic E-state index is 12.0. The summed E-state index contributed by atoms with van der Waals surface area (Å²) in [5.41, 5.74) is 4.47. The lowest BCUT2D eigenvalue weighted by Crippen LogP contribution is -2.26. The minimum Gasteiger partial charge on any atom is -0.493 e. The van der Waals surface area contributed by atoms with Crippen LogP contribution in [-0.2, 0) is 17.9 Å². The van der Waals surface area contributed by atoms with E-state index in [1.165, 1.54) is 11.1 Å². The number of carbonyl (C=O) groups is 1. The first-order valence-electron chi connectivity index (χ1n) is 10.5. The SMILES string of the molecule is Cc1cccc(C)c1OCCCCn1c(CNC(=O)C2CC2)nc2ccccc21. The van der Waals surface area contributed by atoms with Gasteiger partial charge in [-0.1, -0.05) is 30.3 Å². The van der Waals surface area contributed by atoms with Gasteiger partial charge in [-0.25, -0.2) is 4.98 Å². The van der Waals surface area contributed by atoms with Crippen molar-refractivity contribution in [3.8, 4) is 5.75 Å². The van der Waals surface area contributed by atoms with Crippen LogP contribution in [0.1, 0.15) is 42.6 Å². The van der Waals surface area contributed by atoms with Gasteiger partial charge in [0, 0.05) is 12.5 Å². The number of aryl methyl sites for hydroxylation is 3. The Morgan fingerprint density at radius 3 is 2.62 bits per heavy atom. The summed E-state index contributed by atoms with van der Waals surface area (Å²) < 4.78 is 8.27. The van der Waals surface area contributed by atoms with Gasteiger partial charge in [-0.2, -0.15) is 0 Å². The Morgan fingerprint density at radius 2 is 1.86 bits per heavy atom. The molecule has 0 unspecified atom stereocenters. The predicted octanol–water partition coefficient (Wildman–Crippen LogP) is 4.54. The van der Waals surface area contributed by atoms with E-state index >= 15 is 0 Å². The van der Waals surface area contributed by atoms with Crippen LogP contribution >= 0.6 is 0 Å². The summed E-state index contributed by atoms with van der Waals surface area (Å²) in [6.07, 6.45) is 3.99. The molecule has 1 aliphatic carbocycles. The van der Waals surface area contributed by atoms with Crippen molar-refractivity contribution >= 4 is 16.9 Å². The van der Waals surface area contributed by atoms with Crippen molar-refractivity contribution in [2.75, 3.05) is 6.61 Å². The van der Waals surface area contributed by atoms with Crippen LogP contribution in [0.3, 0.4) is 0 Å². The van der Waals surface area contributed by atoms with E-state index in [1.807, 2.05) is 18.2 Å². The molecule has 1 saturated carbocycles. The van der Waals surface area contributed by atoms with Crippen molar-refractivity contribution in [1.29, 1.82) is 0 Å². The largest absolute Gasteiger partial charge is 0.493 e. The normalized spacial score (nSPS) is 13.6. The molecule has 152 valence electrons. The molecule has 1 heterocycles. The highest BCUT2D eigenvalue weighted by Gasteiger charge is 2.29. The van der Waals surface area contributed by atoms with Crippen LogP contribution in [0.2, 0.25) is 0 Å². The van der Waals surface area contributed by atoms with E-state index in [2.05, 4.69) is 48.0 Å². The second-order valence-electron chi connectivity index (χ2n) is 7.94. The van der Waals surface area contributed by atoms with Gasteiger partial charge in [-0.3, -0.25) is 4.79 Å². The summed E-state index contributed by atoms with van der Waals surface area (Å²) in [6.45, 7) is 6.23. The number of carbonyl (C=O) groups excluding carboxylic acids is 1. The topological polar surface area (TPSA) is 56.1 Å².